The van der Waals surface area contributed by atoms with Crippen molar-refractivity contribution in [1.29, 1.82) is 0 Å². The predicted molar refractivity (Wildman–Crippen MR) is 110 cm³/mol. The first-order valence-corrected chi connectivity index (χ1v) is 9.52. The second kappa shape index (κ2) is 8.22. The number of aromatic nitrogens is 3. The third kappa shape index (κ3) is 4.01. The smallest absolute Gasteiger partial charge is 0.225 e. The Labute approximate surface area is 168 Å². The topological polar surface area (TPSA) is 59.8 Å². The van der Waals surface area contributed by atoms with E-state index in [0.717, 1.165) is 34.1 Å². The highest BCUT2D eigenvalue weighted by atomic mass is 19.1. The first kappa shape index (κ1) is 18.8. The Balaban J connectivity index is 1.73. The number of aryl methyl sites for hydroxylation is 1. The molecule has 1 unspecified atom stereocenters. The molecule has 146 valence electrons. The van der Waals surface area contributed by atoms with Crippen LogP contribution in [0, 0.1) is 5.82 Å². The van der Waals surface area contributed by atoms with E-state index in [9.17, 15) is 9.18 Å². The fourth-order valence-corrected chi connectivity index (χ4v) is 3.55. The average Bonchev–Trinajstić information content (AvgIpc) is 3.12. The monoisotopic (exact) mass is 388 g/mol. The van der Waals surface area contributed by atoms with E-state index in [0.29, 0.717) is 0 Å². The van der Waals surface area contributed by atoms with E-state index in [4.69, 9.17) is 0 Å². The van der Waals surface area contributed by atoms with Crippen LogP contribution in [0.4, 0.5) is 4.39 Å². The number of halogens is 1. The van der Waals surface area contributed by atoms with E-state index >= 15 is 0 Å². The third-order valence-electron chi connectivity index (χ3n) is 4.96. The van der Waals surface area contributed by atoms with Gasteiger partial charge in [-0.2, -0.15) is 0 Å². The highest BCUT2D eigenvalue weighted by Gasteiger charge is 2.22. The first-order valence-electron chi connectivity index (χ1n) is 9.52. The minimum atomic E-state index is -0.405. The molecule has 6 heteroatoms. The number of fused-ring (bicyclic) bond motifs is 1. The summed E-state index contributed by atoms with van der Waals surface area (Å²) >= 11 is 0. The molecule has 0 aliphatic heterocycles. The molecular formula is C23H21FN4O. The van der Waals surface area contributed by atoms with Gasteiger partial charge in [0.15, 0.2) is 0 Å². The molecule has 0 radical (unpaired) electrons. The number of hydrogen-bond donors (Lipinski definition) is 1. The van der Waals surface area contributed by atoms with E-state index in [1.807, 2.05) is 30.6 Å². The molecule has 29 heavy (non-hydrogen) atoms. The van der Waals surface area contributed by atoms with Gasteiger partial charge in [-0.1, -0.05) is 18.2 Å². The number of rotatable bonds is 6. The van der Waals surface area contributed by atoms with Crippen LogP contribution in [0.3, 0.4) is 0 Å². The molecule has 0 spiro atoms. The van der Waals surface area contributed by atoms with E-state index < -0.39 is 6.04 Å². The van der Waals surface area contributed by atoms with Crippen LogP contribution in [0.2, 0.25) is 0 Å². The van der Waals surface area contributed by atoms with Gasteiger partial charge in [-0.25, -0.2) is 4.39 Å². The van der Waals surface area contributed by atoms with Gasteiger partial charge in [-0.05, 0) is 42.3 Å². The van der Waals surface area contributed by atoms with Crippen molar-refractivity contribution >= 4 is 16.8 Å². The Morgan fingerprint density at radius 3 is 2.62 bits per heavy atom. The van der Waals surface area contributed by atoms with Crippen LogP contribution in [-0.4, -0.2) is 20.4 Å². The molecule has 0 fully saturated rings. The summed E-state index contributed by atoms with van der Waals surface area (Å²) < 4.78 is 15.6. The summed E-state index contributed by atoms with van der Waals surface area (Å²) in [6.07, 6.45) is 9.17. The molecule has 3 heterocycles. The van der Waals surface area contributed by atoms with Crippen LogP contribution >= 0.6 is 0 Å². The summed E-state index contributed by atoms with van der Waals surface area (Å²) in [5.41, 5.74) is 3.61. The number of amides is 1. The van der Waals surface area contributed by atoms with Gasteiger partial charge in [0.2, 0.25) is 5.91 Å². The zero-order chi connectivity index (χ0) is 20.2. The quantitative estimate of drug-likeness (QED) is 0.542. The SMILES string of the molecule is CCn1cc(C(NC(=O)Cc2cccnc2)c2ccc(F)cc2)c2ccncc21. The lowest BCUT2D eigenvalue weighted by Crippen LogP contribution is -2.30. The largest absolute Gasteiger partial charge is 0.346 e. The first-order chi connectivity index (χ1) is 14.2. The molecule has 0 aliphatic carbocycles. The predicted octanol–water partition coefficient (Wildman–Crippen LogP) is 4.04. The number of hydrogen-bond acceptors (Lipinski definition) is 3. The number of carbonyl (C=O) groups excluding carboxylic acids is 1. The van der Waals surface area contributed by atoms with Crippen LogP contribution in [0.5, 0.6) is 0 Å². The Kier molecular flexibility index (Phi) is 5.33. The molecule has 1 N–H and O–H groups in total. The third-order valence-corrected chi connectivity index (χ3v) is 4.96. The molecule has 0 bridgehead atoms. The highest BCUT2D eigenvalue weighted by Crippen LogP contribution is 2.30. The molecule has 1 amide bonds. The normalized spacial score (nSPS) is 12.1. The molecular weight excluding hydrogens is 367 g/mol. The van der Waals surface area contributed by atoms with E-state index in [1.54, 1.807) is 30.7 Å². The van der Waals surface area contributed by atoms with Gasteiger partial charge in [0, 0.05) is 42.3 Å². The van der Waals surface area contributed by atoms with Gasteiger partial charge in [-0.3, -0.25) is 14.8 Å². The molecule has 4 rings (SSSR count). The van der Waals surface area contributed by atoms with E-state index in [-0.39, 0.29) is 18.1 Å². The van der Waals surface area contributed by atoms with Crippen LogP contribution in [0.25, 0.3) is 10.9 Å². The molecule has 4 aromatic rings. The number of pyridine rings is 2. The lowest BCUT2D eigenvalue weighted by molar-refractivity contribution is -0.120. The van der Waals surface area contributed by atoms with Crippen molar-refractivity contribution in [2.24, 2.45) is 0 Å². The van der Waals surface area contributed by atoms with Gasteiger partial charge in [0.1, 0.15) is 5.82 Å². The van der Waals surface area contributed by atoms with Gasteiger partial charge in [0.05, 0.1) is 24.2 Å². The summed E-state index contributed by atoms with van der Waals surface area (Å²) in [5, 5.41) is 4.14. The van der Waals surface area contributed by atoms with Crippen LogP contribution in [0.1, 0.15) is 29.7 Å². The van der Waals surface area contributed by atoms with Gasteiger partial charge >= 0.3 is 0 Å². The standard InChI is InChI=1S/C23H21FN4O/c1-2-28-15-20(19-9-11-26-14-21(19)28)23(17-5-7-18(24)8-6-17)27-22(29)12-16-4-3-10-25-13-16/h3-11,13-15,23H,2,12H2,1H3,(H,27,29). The molecule has 3 aromatic heterocycles. The number of benzene rings is 1. The van der Waals surface area contributed by atoms with Crippen LogP contribution in [-0.2, 0) is 17.8 Å². The van der Waals surface area contributed by atoms with Crippen molar-refractivity contribution in [3.63, 3.8) is 0 Å². The summed E-state index contributed by atoms with van der Waals surface area (Å²) in [5.74, 6) is -0.437. The van der Waals surface area contributed by atoms with Gasteiger partial charge in [-0.15, -0.1) is 0 Å². The molecule has 1 atom stereocenters. The second-order valence-electron chi connectivity index (χ2n) is 6.85. The van der Waals surface area contributed by atoms with Crippen LogP contribution < -0.4 is 5.32 Å². The van der Waals surface area contributed by atoms with Crippen molar-refractivity contribution in [2.75, 3.05) is 0 Å². The zero-order valence-corrected chi connectivity index (χ0v) is 16.0. The summed E-state index contributed by atoms with van der Waals surface area (Å²) in [7, 11) is 0. The van der Waals surface area contributed by atoms with Crippen molar-refractivity contribution in [3.05, 3.63) is 96.0 Å². The minimum Gasteiger partial charge on any atom is -0.346 e. The van der Waals surface area contributed by atoms with Crippen molar-refractivity contribution in [3.8, 4) is 0 Å². The molecule has 0 saturated heterocycles. The zero-order valence-electron chi connectivity index (χ0n) is 16.0. The molecule has 5 nitrogen and oxygen atoms in total. The van der Waals surface area contributed by atoms with Crippen molar-refractivity contribution < 1.29 is 9.18 Å². The minimum absolute atomic E-state index is 0.126. The molecule has 0 aliphatic rings. The average molecular weight is 388 g/mol. The van der Waals surface area contributed by atoms with Gasteiger partial charge in [0.25, 0.3) is 0 Å². The maximum atomic E-state index is 13.5. The Morgan fingerprint density at radius 2 is 1.90 bits per heavy atom. The Hall–Kier alpha value is -3.54. The van der Waals surface area contributed by atoms with Crippen LogP contribution in [0.15, 0.2) is 73.4 Å². The second-order valence-corrected chi connectivity index (χ2v) is 6.85. The van der Waals surface area contributed by atoms with E-state index in [1.165, 1.54) is 12.1 Å². The summed E-state index contributed by atoms with van der Waals surface area (Å²) in [4.78, 5) is 21.1. The van der Waals surface area contributed by atoms with Crippen molar-refractivity contribution in [2.45, 2.75) is 25.9 Å². The lowest BCUT2D eigenvalue weighted by Gasteiger charge is -2.19. The lowest BCUT2D eigenvalue weighted by atomic mass is 9.98. The Morgan fingerprint density at radius 1 is 1.10 bits per heavy atom. The Bertz CT molecular complexity index is 1120. The summed E-state index contributed by atoms with van der Waals surface area (Å²) in [6.45, 7) is 2.84. The fraction of sp³-hybridized carbons (Fsp3) is 0.174. The fourth-order valence-electron chi connectivity index (χ4n) is 3.55. The molecule has 0 saturated carbocycles. The van der Waals surface area contributed by atoms with Gasteiger partial charge < -0.3 is 9.88 Å². The number of nitrogens with one attached hydrogen (secondary N) is 1. The number of carbonyl (C=O) groups is 1. The van der Waals surface area contributed by atoms with Crippen molar-refractivity contribution in [1.82, 2.24) is 19.9 Å². The maximum absolute atomic E-state index is 13.5. The number of nitrogens with zero attached hydrogens (tertiary/aromatic N) is 3. The highest BCUT2D eigenvalue weighted by molar-refractivity contribution is 5.86. The maximum Gasteiger partial charge on any atom is 0.225 e. The summed E-state index contributed by atoms with van der Waals surface area (Å²) in [6, 6.07) is 11.5. The molecule has 1 aromatic carbocycles. The van der Waals surface area contributed by atoms with E-state index in [2.05, 4.69) is 26.8 Å².